The molecule has 2 N–H and O–H groups in total. The number of morpholine rings is 1. The molecule has 1 saturated heterocycles. The molecule has 0 amide bonds. The maximum absolute atomic E-state index is 5.97. The summed E-state index contributed by atoms with van der Waals surface area (Å²) in [6, 6.07) is 8.87. The Morgan fingerprint density at radius 3 is 2.47 bits per heavy atom. The molecule has 0 spiro atoms. The number of anilines is 1. The minimum atomic E-state index is -0.140. The number of nitrogens with zero attached hydrogens (tertiary/aromatic N) is 1. The van der Waals surface area contributed by atoms with Gasteiger partial charge in [0.05, 0.1) is 11.7 Å². The second-order valence-electron chi connectivity index (χ2n) is 6.36. The molecule has 1 heterocycles. The van der Waals surface area contributed by atoms with E-state index in [0.29, 0.717) is 12.5 Å². The smallest absolute Gasteiger partial charge is 0.0879 e. The van der Waals surface area contributed by atoms with Gasteiger partial charge in [-0.3, -0.25) is 0 Å². The predicted octanol–water partition coefficient (Wildman–Crippen LogP) is 2.75. The Kier molecular flexibility index (Phi) is 4.16. The van der Waals surface area contributed by atoms with Crippen LogP contribution in [0.25, 0.3) is 0 Å². The zero-order chi connectivity index (χ0) is 14.0. The van der Waals surface area contributed by atoms with Crippen LogP contribution in [0, 0.1) is 0 Å². The third-order valence-electron chi connectivity index (χ3n) is 3.67. The van der Waals surface area contributed by atoms with Gasteiger partial charge in [-0.1, -0.05) is 26.0 Å². The Hall–Kier alpha value is -1.06. The third kappa shape index (κ3) is 3.48. The van der Waals surface area contributed by atoms with Crippen LogP contribution in [-0.4, -0.2) is 31.3 Å². The molecular formula is C16H26N2O. The SMILES string of the molecule is CC(C)c1ccc(N2CC(CN)OC(C)(C)C2)cc1. The summed E-state index contributed by atoms with van der Waals surface area (Å²) >= 11 is 0. The Bertz CT molecular complexity index is 411. The number of rotatable bonds is 3. The molecule has 0 aliphatic carbocycles. The van der Waals surface area contributed by atoms with Crippen LogP contribution in [0.5, 0.6) is 0 Å². The number of ether oxygens (including phenoxy) is 1. The van der Waals surface area contributed by atoms with Gasteiger partial charge in [0, 0.05) is 25.3 Å². The van der Waals surface area contributed by atoms with Crippen molar-refractivity contribution in [2.24, 2.45) is 5.73 Å². The van der Waals surface area contributed by atoms with E-state index in [1.807, 2.05) is 0 Å². The van der Waals surface area contributed by atoms with Crippen molar-refractivity contribution >= 4 is 5.69 Å². The minimum absolute atomic E-state index is 0.119. The highest BCUT2D eigenvalue weighted by atomic mass is 16.5. The predicted molar refractivity (Wildman–Crippen MR) is 80.8 cm³/mol. The maximum atomic E-state index is 5.97. The van der Waals surface area contributed by atoms with Crippen molar-refractivity contribution in [2.75, 3.05) is 24.5 Å². The highest BCUT2D eigenvalue weighted by Crippen LogP contribution is 2.27. The number of nitrogens with two attached hydrogens (primary N) is 1. The molecule has 0 saturated carbocycles. The summed E-state index contributed by atoms with van der Waals surface area (Å²) in [5, 5.41) is 0. The van der Waals surface area contributed by atoms with E-state index in [0.717, 1.165) is 13.1 Å². The summed E-state index contributed by atoms with van der Waals surface area (Å²) < 4.78 is 5.97. The molecule has 0 aromatic heterocycles. The molecule has 0 radical (unpaired) electrons. The Morgan fingerprint density at radius 2 is 1.95 bits per heavy atom. The van der Waals surface area contributed by atoms with E-state index >= 15 is 0 Å². The molecule has 19 heavy (non-hydrogen) atoms. The summed E-state index contributed by atoms with van der Waals surface area (Å²) in [5.41, 5.74) is 8.28. The highest BCUT2D eigenvalue weighted by molar-refractivity contribution is 5.49. The maximum Gasteiger partial charge on any atom is 0.0879 e. The summed E-state index contributed by atoms with van der Waals surface area (Å²) in [7, 11) is 0. The highest BCUT2D eigenvalue weighted by Gasteiger charge is 2.32. The van der Waals surface area contributed by atoms with E-state index in [2.05, 4.69) is 56.9 Å². The first-order valence-corrected chi connectivity index (χ1v) is 7.14. The monoisotopic (exact) mass is 262 g/mol. The van der Waals surface area contributed by atoms with Crippen LogP contribution >= 0.6 is 0 Å². The molecule has 1 aromatic carbocycles. The minimum Gasteiger partial charge on any atom is -0.367 e. The molecule has 2 rings (SSSR count). The molecule has 1 fully saturated rings. The fourth-order valence-corrected chi connectivity index (χ4v) is 2.69. The number of hydrogen-bond donors (Lipinski definition) is 1. The molecule has 3 nitrogen and oxygen atoms in total. The summed E-state index contributed by atoms with van der Waals surface area (Å²) in [4.78, 5) is 2.38. The van der Waals surface area contributed by atoms with Gasteiger partial charge in [-0.25, -0.2) is 0 Å². The second-order valence-corrected chi connectivity index (χ2v) is 6.36. The van der Waals surface area contributed by atoms with Crippen LogP contribution in [0.15, 0.2) is 24.3 Å². The van der Waals surface area contributed by atoms with Gasteiger partial charge in [0.2, 0.25) is 0 Å². The zero-order valence-corrected chi connectivity index (χ0v) is 12.5. The number of benzene rings is 1. The summed E-state index contributed by atoms with van der Waals surface area (Å²) in [6.07, 6.45) is 0.119. The van der Waals surface area contributed by atoms with E-state index in [1.54, 1.807) is 0 Å². The van der Waals surface area contributed by atoms with Crippen LogP contribution in [-0.2, 0) is 4.74 Å². The van der Waals surface area contributed by atoms with Crippen molar-refractivity contribution in [3.8, 4) is 0 Å². The summed E-state index contributed by atoms with van der Waals surface area (Å²) in [6.45, 7) is 11.1. The van der Waals surface area contributed by atoms with Gasteiger partial charge in [0.15, 0.2) is 0 Å². The van der Waals surface area contributed by atoms with E-state index in [1.165, 1.54) is 11.3 Å². The van der Waals surface area contributed by atoms with Gasteiger partial charge in [0.25, 0.3) is 0 Å². The lowest BCUT2D eigenvalue weighted by atomic mass is 10.0. The van der Waals surface area contributed by atoms with Gasteiger partial charge in [-0.15, -0.1) is 0 Å². The topological polar surface area (TPSA) is 38.5 Å². The van der Waals surface area contributed by atoms with E-state index < -0.39 is 0 Å². The van der Waals surface area contributed by atoms with Crippen LogP contribution in [0.1, 0.15) is 39.2 Å². The Labute approximate surface area is 116 Å². The third-order valence-corrected chi connectivity index (χ3v) is 3.67. The van der Waals surface area contributed by atoms with Crippen molar-refractivity contribution < 1.29 is 4.74 Å². The van der Waals surface area contributed by atoms with Gasteiger partial charge < -0.3 is 15.4 Å². The molecule has 0 bridgehead atoms. The first kappa shape index (κ1) is 14.4. The lowest BCUT2D eigenvalue weighted by molar-refractivity contribution is -0.0788. The van der Waals surface area contributed by atoms with Crippen molar-refractivity contribution in [1.29, 1.82) is 0 Å². The molecule has 1 aromatic rings. The summed E-state index contributed by atoms with van der Waals surface area (Å²) in [5.74, 6) is 0.576. The van der Waals surface area contributed by atoms with Crippen molar-refractivity contribution in [3.05, 3.63) is 29.8 Å². The first-order chi connectivity index (χ1) is 8.91. The largest absolute Gasteiger partial charge is 0.367 e. The quantitative estimate of drug-likeness (QED) is 0.910. The molecule has 106 valence electrons. The first-order valence-electron chi connectivity index (χ1n) is 7.14. The fraction of sp³-hybridized carbons (Fsp3) is 0.625. The lowest BCUT2D eigenvalue weighted by Crippen LogP contribution is -2.54. The van der Waals surface area contributed by atoms with Crippen LogP contribution in [0.2, 0.25) is 0 Å². The zero-order valence-electron chi connectivity index (χ0n) is 12.5. The van der Waals surface area contributed by atoms with Gasteiger partial charge in [0.1, 0.15) is 0 Å². The molecular weight excluding hydrogens is 236 g/mol. The molecule has 1 atom stereocenters. The van der Waals surface area contributed by atoms with E-state index in [9.17, 15) is 0 Å². The second kappa shape index (κ2) is 5.51. The average Bonchev–Trinajstić information content (AvgIpc) is 2.37. The van der Waals surface area contributed by atoms with Gasteiger partial charge >= 0.3 is 0 Å². The fourth-order valence-electron chi connectivity index (χ4n) is 2.69. The average molecular weight is 262 g/mol. The standard InChI is InChI=1S/C16H26N2O/c1-12(2)13-5-7-14(8-6-13)18-10-15(9-17)19-16(3,4)11-18/h5-8,12,15H,9-11,17H2,1-4H3. The molecule has 1 aliphatic rings. The Morgan fingerprint density at radius 1 is 1.32 bits per heavy atom. The molecule has 1 aliphatic heterocycles. The van der Waals surface area contributed by atoms with Crippen molar-refractivity contribution in [2.45, 2.75) is 45.3 Å². The molecule has 3 heteroatoms. The van der Waals surface area contributed by atoms with E-state index in [-0.39, 0.29) is 11.7 Å². The van der Waals surface area contributed by atoms with E-state index in [4.69, 9.17) is 10.5 Å². The van der Waals surface area contributed by atoms with Crippen LogP contribution in [0.4, 0.5) is 5.69 Å². The van der Waals surface area contributed by atoms with Crippen molar-refractivity contribution in [3.63, 3.8) is 0 Å². The van der Waals surface area contributed by atoms with Crippen LogP contribution in [0.3, 0.4) is 0 Å². The van der Waals surface area contributed by atoms with Crippen LogP contribution < -0.4 is 10.6 Å². The number of hydrogen-bond acceptors (Lipinski definition) is 3. The van der Waals surface area contributed by atoms with Gasteiger partial charge in [-0.2, -0.15) is 0 Å². The normalized spacial score (nSPS) is 22.8. The van der Waals surface area contributed by atoms with Crippen molar-refractivity contribution in [1.82, 2.24) is 0 Å². The Balaban J connectivity index is 2.16. The van der Waals surface area contributed by atoms with Gasteiger partial charge in [-0.05, 0) is 37.5 Å². The lowest BCUT2D eigenvalue weighted by Gasteiger charge is -2.43. The molecule has 1 unspecified atom stereocenters.